The number of benzene rings is 1. The Kier molecular flexibility index (Phi) is 7.27. The Morgan fingerprint density at radius 1 is 1.06 bits per heavy atom. The molecule has 0 bridgehead atoms. The summed E-state index contributed by atoms with van der Waals surface area (Å²) in [7, 11) is 1.63. The van der Waals surface area contributed by atoms with Gasteiger partial charge in [0.15, 0.2) is 0 Å². The minimum atomic E-state index is -0.531. The number of carbonyl (C=O) groups excluding carboxylic acids is 1. The molecule has 1 aliphatic heterocycles. The molecule has 1 N–H and O–H groups in total. The Hall–Kier alpha value is -3.66. The van der Waals surface area contributed by atoms with Crippen molar-refractivity contribution in [1.29, 1.82) is 0 Å². The maximum atomic E-state index is 13.0. The number of pyridine rings is 1. The van der Waals surface area contributed by atoms with Crippen molar-refractivity contribution >= 4 is 16.9 Å². The minimum Gasteiger partial charge on any atom is -0.497 e. The summed E-state index contributed by atoms with van der Waals surface area (Å²) in [6.07, 6.45) is 2.17. The number of hydrogen-bond acceptors (Lipinski definition) is 7. The van der Waals surface area contributed by atoms with Gasteiger partial charge < -0.3 is 14.4 Å². The number of aromatic amines is 1. The second-order valence-electron chi connectivity index (χ2n) is 8.16. The number of nitrogens with zero attached hydrogens (tertiary/aromatic N) is 4. The van der Waals surface area contributed by atoms with E-state index < -0.39 is 11.2 Å². The smallest absolute Gasteiger partial charge is 0.329 e. The van der Waals surface area contributed by atoms with Crippen LogP contribution in [0.4, 0.5) is 0 Å². The SMILES string of the molecule is CCCn1c(=O)[nH]c(=O)c2cc(C(=O)N3CCN(CCOc4ccc(OC)cc4)CC3)cnc21. The molecule has 1 fully saturated rings. The van der Waals surface area contributed by atoms with E-state index in [1.54, 1.807) is 12.0 Å². The molecule has 34 heavy (non-hydrogen) atoms. The van der Waals surface area contributed by atoms with Crippen LogP contribution in [0.5, 0.6) is 11.5 Å². The first-order valence-corrected chi connectivity index (χ1v) is 11.4. The highest BCUT2D eigenvalue weighted by Crippen LogP contribution is 2.17. The van der Waals surface area contributed by atoms with Gasteiger partial charge in [0.2, 0.25) is 0 Å². The standard InChI is InChI=1S/C24H29N5O5/c1-3-8-29-21-20(22(30)26-24(29)32)15-17(16-25-21)23(31)28-11-9-27(10-12-28)13-14-34-19-6-4-18(33-2)5-7-19/h4-7,15-16H,3,8-14H2,1-2H3,(H,26,30,32). The van der Waals surface area contributed by atoms with E-state index in [0.29, 0.717) is 37.5 Å². The van der Waals surface area contributed by atoms with Gasteiger partial charge in [-0.05, 0) is 36.8 Å². The molecule has 0 saturated carbocycles. The number of carbonyl (C=O) groups is 1. The van der Waals surface area contributed by atoms with E-state index in [9.17, 15) is 14.4 Å². The summed E-state index contributed by atoms with van der Waals surface area (Å²) in [5.74, 6) is 1.41. The van der Waals surface area contributed by atoms with Crippen LogP contribution in [-0.4, -0.2) is 76.7 Å². The molecule has 0 aliphatic carbocycles. The molecule has 1 aliphatic rings. The maximum Gasteiger partial charge on any atom is 0.329 e. The quantitative estimate of drug-likeness (QED) is 0.532. The van der Waals surface area contributed by atoms with Crippen molar-refractivity contribution in [3.05, 3.63) is 62.9 Å². The molecule has 3 aromatic rings. The van der Waals surface area contributed by atoms with Gasteiger partial charge in [-0.1, -0.05) is 6.92 Å². The number of rotatable bonds is 8. The first kappa shape index (κ1) is 23.5. The molecule has 10 heteroatoms. The van der Waals surface area contributed by atoms with Gasteiger partial charge >= 0.3 is 5.69 Å². The summed E-state index contributed by atoms with van der Waals surface area (Å²) >= 11 is 0. The lowest BCUT2D eigenvalue weighted by atomic mass is 10.2. The fourth-order valence-corrected chi connectivity index (χ4v) is 4.04. The summed E-state index contributed by atoms with van der Waals surface area (Å²) in [5.41, 5.74) is -0.376. The highest BCUT2D eigenvalue weighted by molar-refractivity contribution is 5.96. The molecule has 0 unspecified atom stereocenters. The molecule has 180 valence electrons. The highest BCUT2D eigenvalue weighted by atomic mass is 16.5. The Morgan fingerprint density at radius 3 is 2.44 bits per heavy atom. The lowest BCUT2D eigenvalue weighted by Gasteiger charge is -2.34. The first-order valence-electron chi connectivity index (χ1n) is 11.4. The van der Waals surface area contributed by atoms with Crippen LogP contribution in [0.2, 0.25) is 0 Å². The molecule has 4 rings (SSSR count). The largest absolute Gasteiger partial charge is 0.497 e. The molecule has 2 aromatic heterocycles. The summed E-state index contributed by atoms with van der Waals surface area (Å²) in [6, 6.07) is 9.00. The molecule has 1 saturated heterocycles. The number of fused-ring (bicyclic) bond motifs is 1. The fourth-order valence-electron chi connectivity index (χ4n) is 4.04. The summed E-state index contributed by atoms with van der Waals surface area (Å²) in [5, 5.41) is 0.244. The molecule has 10 nitrogen and oxygen atoms in total. The second kappa shape index (κ2) is 10.5. The summed E-state index contributed by atoms with van der Waals surface area (Å²) in [4.78, 5) is 48.1. The van der Waals surface area contributed by atoms with E-state index >= 15 is 0 Å². The Morgan fingerprint density at radius 2 is 1.76 bits per heavy atom. The van der Waals surface area contributed by atoms with Crippen molar-refractivity contribution in [2.24, 2.45) is 0 Å². The van der Waals surface area contributed by atoms with Crippen molar-refractivity contribution in [2.75, 3.05) is 46.4 Å². The maximum absolute atomic E-state index is 13.0. The van der Waals surface area contributed by atoms with Crippen LogP contribution in [0.15, 0.2) is 46.1 Å². The third-order valence-electron chi connectivity index (χ3n) is 5.92. The van der Waals surface area contributed by atoms with E-state index in [1.807, 2.05) is 31.2 Å². The average Bonchev–Trinajstić information content (AvgIpc) is 2.86. The van der Waals surface area contributed by atoms with Crippen molar-refractivity contribution in [2.45, 2.75) is 19.9 Å². The molecular formula is C24H29N5O5. The van der Waals surface area contributed by atoms with Gasteiger partial charge in [0, 0.05) is 45.5 Å². The van der Waals surface area contributed by atoms with Gasteiger partial charge in [-0.2, -0.15) is 0 Å². The van der Waals surface area contributed by atoms with Gasteiger partial charge in [0.1, 0.15) is 23.8 Å². The van der Waals surface area contributed by atoms with Crippen LogP contribution in [0.3, 0.4) is 0 Å². The van der Waals surface area contributed by atoms with Crippen molar-refractivity contribution in [3.8, 4) is 11.5 Å². The zero-order chi connectivity index (χ0) is 24.1. The number of methoxy groups -OCH3 is 1. The zero-order valence-corrected chi connectivity index (χ0v) is 19.5. The Bertz CT molecular complexity index is 1260. The number of H-pyrrole nitrogens is 1. The second-order valence-corrected chi connectivity index (χ2v) is 8.16. The molecule has 0 radical (unpaired) electrons. The van der Waals surface area contributed by atoms with Crippen LogP contribution < -0.4 is 20.7 Å². The third kappa shape index (κ3) is 5.12. The summed E-state index contributed by atoms with van der Waals surface area (Å²) < 4.78 is 12.4. The number of aryl methyl sites for hydroxylation is 1. The number of piperazine rings is 1. The minimum absolute atomic E-state index is 0.170. The van der Waals surface area contributed by atoms with E-state index in [1.165, 1.54) is 16.8 Å². The third-order valence-corrected chi connectivity index (χ3v) is 5.92. The van der Waals surface area contributed by atoms with Gasteiger partial charge in [-0.3, -0.25) is 24.0 Å². The van der Waals surface area contributed by atoms with E-state index in [2.05, 4.69) is 14.9 Å². The van der Waals surface area contributed by atoms with Crippen LogP contribution >= 0.6 is 0 Å². The normalized spacial score (nSPS) is 14.4. The van der Waals surface area contributed by atoms with Crippen LogP contribution in [0.1, 0.15) is 23.7 Å². The Balaban J connectivity index is 1.34. The fraction of sp³-hybridized carbons (Fsp3) is 0.417. The van der Waals surface area contributed by atoms with Gasteiger partial charge in [-0.25, -0.2) is 9.78 Å². The molecular weight excluding hydrogens is 438 g/mol. The number of aromatic nitrogens is 3. The Labute approximate surface area is 196 Å². The van der Waals surface area contributed by atoms with Crippen LogP contribution in [0.25, 0.3) is 11.0 Å². The van der Waals surface area contributed by atoms with Crippen LogP contribution in [-0.2, 0) is 6.54 Å². The monoisotopic (exact) mass is 467 g/mol. The zero-order valence-electron chi connectivity index (χ0n) is 19.5. The molecule has 1 aromatic carbocycles. The molecule has 0 spiro atoms. The number of amides is 1. The highest BCUT2D eigenvalue weighted by Gasteiger charge is 2.23. The first-order chi connectivity index (χ1) is 16.5. The van der Waals surface area contributed by atoms with Crippen molar-refractivity contribution in [1.82, 2.24) is 24.3 Å². The molecule has 1 amide bonds. The van der Waals surface area contributed by atoms with E-state index in [-0.39, 0.29) is 11.3 Å². The van der Waals surface area contributed by atoms with Gasteiger partial charge in [-0.15, -0.1) is 0 Å². The number of nitrogens with one attached hydrogen (secondary N) is 1. The average molecular weight is 468 g/mol. The van der Waals surface area contributed by atoms with Crippen molar-refractivity contribution < 1.29 is 14.3 Å². The van der Waals surface area contributed by atoms with Crippen LogP contribution in [0, 0.1) is 0 Å². The molecule has 0 atom stereocenters. The lowest BCUT2D eigenvalue weighted by molar-refractivity contribution is 0.0620. The summed E-state index contributed by atoms with van der Waals surface area (Å²) in [6.45, 7) is 6.30. The van der Waals surface area contributed by atoms with Gasteiger partial charge in [0.25, 0.3) is 11.5 Å². The topological polar surface area (TPSA) is 110 Å². The lowest BCUT2D eigenvalue weighted by Crippen LogP contribution is -2.49. The predicted molar refractivity (Wildman–Crippen MR) is 128 cm³/mol. The van der Waals surface area contributed by atoms with Gasteiger partial charge in [0.05, 0.1) is 18.1 Å². The number of hydrogen-bond donors (Lipinski definition) is 1. The van der Waals surface area contributed by atoms with E-state index in [4.69, 9.17) is 9.47 Å². The van der Waals surface area contributed by atoms with E-state index in [0.717, 1.165) is 37.6 Å². The molecule has 3 heterocycles. The van der Waals surface area contributed by atoms with Crippen molar-refractivity contribution in [3.63, 3.8) is 0 Å². The predicted octanol–water partition coefficient (Wildman–Crippen LogP) is 1.34. The number of ether oxygens (including phenoxy) is 2.